The van der Waals surface area contributed by atoms with E-state index in [4.69, 9.17) is 16.3 Å². The van der Waals surface area contributed by atoms with Crippen LogP contribution in [0.3, 0.4) is 0 Å². The van der Waals surface area contributed by atoms with Crippen LogP contribution in [-0.4, -0.2) is 39.6 Å². The standard InChI is InChI=1S/C20H27ClN2O3/c1-5-6-12(24)10-22-18-14-8-15-13(11(2)7-17(21)23-15)9-16(14)26-20(3,4)19(18)25/h7-9,12,18-19,22,24-25H,5-6,10H2,1-4H3/t12?,18-,19?/m0/s1. The third-order valence-corrected chi connectivity index (χ3v) is 5.24. The van der Waals surface area contributed by atoms with Gasteiger partial charge in [0, 0.05) is 17.5 Å². The molecule has 2 aromatic rings. The highest BCUT2D eigenvalue weighted by molar-refractivity contribution is 6.29. The number of aromatic nitrogens is 1. The van der Waals surface area contributed by atoms with Gasteiger partial charge in [0.15, 0.2) is 0 Å². The van der Waals surface area contributed by atoms with E-state index >= 15 is 0 Å². The highest BCUT2D eigenvalue weighted by atomic mass is 35.5. The molecule has 0 saturated heterocycles. The zero-order chi connectivity index (χ0) is 19.1. The van der Waals surface area contributed by atoms with E-state index in [9.17, 15) is 10.2 Å². The summed E-state index contributed by atoms with van der Waals surface area (Å²) in [5, 5.41) is 25.7. The topological polar surface area (TPSA) is 74.6 Å². The Morgan fingerprint density at radius 2 is 2.08 bits per heavy atom. The van der Waals surface area contributed by atoms with Gasteiger partial charge in [-0.1, -0.05) is 24.9 Å². The molecule has 1 aliphatic rings. The molecule has 2 unspecified atom stereocenters. The molecule has 3 N–H and O–H groups in total. The monoisotopic (exact) mass is 378 g/mol. The molecule has 3 atom stereocenters. The number of hydrogen-bond donors (Lipinski definition) is 3. The van der Waals surface area contributed by atoms with Gasteiger partial charge in [0.05, 0.1) is 17.7 Å². The van der Waals surface area contributed by atoms with Crippen LogP contribution >= 0.6 is 11.6 Å². The average molecular weight is 379 g/mol. The van der Waals surface area contributed by atoms with Crippen molar-refractivity contribution in [3.63, 3.8) is 0 Å². The Morgan fingerprint density at radius 3 is 2.77 bits per heavy atom. The predicted octanol–water partition coefficient (Wildman–Crippen LogP) is 3.52. The first-order chi connectivity index (χ1) is 12.2. The number of pyridine rings is 1. The number of fused-ring (bicyclic) bond motifs is 2. The van der Waals surface area contributed by atoms with Crippen LogP contribution in [0.15, 0.2) is 18.2 Å². The lowest BCUT2D eigenvalue weighted by Gasteiger charge is -2.42. The fourth-order valence-corrected chi connectivity index (χ4v) is 3.82. The molecule has 2 heterocycles. The van der Waals surface area contributed by atoms with Crippen LogP contribution in [0.25, 0.3) is 10.9 Å². The molecule has 0 radical (unpaired) electrons. The van der Waals surface area contributed by atoms with Crippen molar-refractivity contribution in [2.75, 3.05) is 6.54 Å². The minimum absolute atomic E-state index is 0.356. The van der Waals surface area contributed by atoms with Crippen LogP contribution in [0.5, 0.6) is 5.75 Å². The normalized spacial score (nSPS) is 22.7. The molecule has 0 fully saturated rings. The lowest BCUT2D eigenvalue weighted by molar-refractivity contribution is -0.0659. The van der Waals surface area contributed by atoms with Crippen LogP contribution < -0.4 is 10.1 Å². The Bertz CT molecular complexity index is 809. The van der Waals surface area contributed by atoms with Gasteiger partial charge in [-0.3, -0.25) is 0 Å². The Balaban J connectivity index is 2.04. The molecule has 0 spiro atoms. The Kier molecular flexibility index (Phi) is 5.45. The molecule has 1 aliphatic heterocycles. The second-order valence-electron chi connectivity index (χ2n) is 7.65. The summed E-state index contributed by atoms with van der Waals surface area (Å²) in [5.74, 6) is 0.725. The van der Waals surface area contributed by atoms with Crippen molar-refractivity contribution in [3.8, 4) is 5.75 Å². The first-order valence-electron chi connectivity index (χ1n) is 9.12. The minimum atomic E-state index is -0.762. The van der Waals surface area contributed by atoms with E-state index in [0.29, 0.717) is 11.7 Å². The molecule has 1 aromatic carbocycles. The van der Waals surface area contributed by atoms with E-state index in [-0.39, 0.29) is 6.04 Å². The number of ether oxygens (including phenoxy) is 1. The number of aryl methyl sites for hydroxylation is 1. The summed E-state index contributed by atoms with van der Waals surface area (Å²) in [6.45, 7) is 8.17. The molecular weight excluding hydrogens is 352 g/mol. The van der Waals surface area contributed by atoms with Crippen LogP contribution in [0, 0.1) is 6.92 Å². The van der Waals surface area contributed by atoms with Crippen molar-refractivity contribution in [1.82, 2.24) is 10.3 Å². The Labute approximate surface area is 159 Å². The quantitative estimate of drug-likeness (QED) is 0.694. The van der Waals surface area contributed by atoms with Crippen molar-refractivity contribution in [2.45, 2.75) is 64.4 Å². The van der Waals surface area contributed by atoms with Gasteiger partial charge in [-0.2, -0.15) is 0 Å². The first-order valence-corrected chi connectivity index (χ1v) is 9.50. The van der Waals surface area contributed by atoms with Crippen LogP contribution in [-0.2, 0) is 0 Å². The third-order valence-electron chi connectivity index (χ3n) is 5.05. The van der Waals surface area contributed by atoms with E-state index in [2.05, 4.69) is 10.3 Å². The van der Waals surface area contributed by atoms with Crippen molar-refractivity contribution >= 4 is 22.5 Å². The summed E-state index contributed by atoms with van der Waals surface area (Å²) in [6, 6.07) is 5.36. The van der Waals surface area contributed by atoms with Gasteiger partial charge in [0.25, 0.3) is 0 Å². The van der Waals surface area contributed by atoms with Gasteiger partial charge in [0.2, 0.25) is 0 Å². The molecular formula is C20H27ClN2O3. The maximum Gasteiger partial charge on any atom is 0.131 e. The third kappa shape index (κ3) is 3.67. The number of aliphatic hydroxyl groups excluding tert-OH is 2. The summed E-state index contributed by atoms with van der Waals surface area (Å²) < 4.78 is 6.10. The van der Waals surface area contributed by atoms with E-state index in [1.165, 1.54) is 0 Å². The molecule has 6 heteroatoms. The number of benzene rings is 1. The zero-order valence-electron chi connectivity index (χ0n) is 15.7. The second-order valence-corrected chi connectivity index (χ2v) is 8.04. The van der Waals surface area contributed by atoms with Crippen molar-refractivity contribution in [1.29, 1.82) is 0 Å². The number of nitrogens with one attached hydrogen (secondary N) is 1. The van der Waals surface area contributed by atoms with E-state index in [1.807, 2.05) is 45.9 Å². The van der Waals surface area contributed by atoms with Crippen LogP contribution in [0.4, 0.5) is 0 Å². The average Bonchev–Trinajstić information content (AvgIpc) is 2.54. The predicted molar refractivity (Wildman–Crippen MR) is 104 cm³/mol. The maximum absolute atomic E-state index is 10.9. The van der Waals surface area contributed by atoms with E-state index in [1.54, 1.807) is 0 Å². The summed E-state index contributed by atoms with van der Waals surface area (Å²) in [5.41, 5.74) is 1.88. The highest BCUT2D eigenvalue weighted by Gasteiger charge is 2.43. The molecule has 1 aromatic heterocycles. The lowest BCUT2D eigenvalue weighted by atomic mass is 9.85. The Hall–Kier alpha value is -1.40. The second kappa shape index (κ2) is 7.31. The number of aliphatic hydroxyl groups is 2. The largest absolute Gasteiger partial charge is 0.485 e. The van der Waals surface area contributed by atoms with Gasteiger partial charge in [-0.05, 0) is 51.0 Å². The first kappa shape index (κ1) is 19.4. The number of rotatable bonds is 5. The molecule has 0 amide bonds. The lowest BCUT2D eigenvalue weighted by Crippen LogP contribution is -2.53. The van der Waals surface area contributed by atoms with Crippen molar-refractivity contribution in [2.24, 2.45) is 0 Å². The van der Waals surface area contributed by atoms with Gasteiger partial charge in [-0.15, -0.1) is 0 Å². The van der Waals surface area contributed by atoms with Gasteiger partial charge in [-0.25, -0.2) is 4.98 Å². The summed E-state index contributed by atoms with van der Waals surface area (Å²) in [6.07, 6.45) is 0.419. The smallest absolute Gasteiger partial charge is 0.131 e. The highest BCUT2D eigenvalue weighted by Crippen LogP contribution is 2.42. The number of hydrogen-bond acceptors (Lipinski definition) is 5. The van der Waals surface area contributed by atoms with Crippen molar-refractivity contribution < 1.29 is 14.9 Å². The molecule has 26 heavy (non-hydrogen) atoms. The van der Waals surface area contributed by atoms with E-state index in [0.717, 1.165) is 40.6 Å². The minimum Gasteiger partial charge on any atom is -0.485 e. The number of halogens is 1. The summed E-state index contributed by atoms with van der Waals surface area (Å²) in [4.78, 5) is 4.42. The molecule has 0 bridgehead atoms. The van der Waals surface area contributed by atoms with Gasteiger partial charge < -0.3 is 20.3 Å². The fourth-order valence-electron chi connectivity index (χ4n) is 3.56. The fraction of sp³-hybridized carbons (Fsp3) is 0.550. The van der Waals surface area contributed by atoms with Crippen LogP contribution in [0.2, 0.25) is 5.15 Å². The SMILES string of the molecule is CCCC(O)CN[C@H]1c2cc3nc(Cl)cc(C)c3cc2OC(C)(C)C1O. The summed E-state index contributed by atoms with van der Waals surface area (Å²) >= 11 is 6.11. The number of nitrogens with zero attached hydrogens (tertiary/aromatic N) is 1. The Morgan fingerprint density at radius 1 is 1.35 bits per heavy atom. The van der Waals surface area contributed by atoms with Gasteiger partial charge >= 0.3 is 0 Å². The zero-order valence-corrected chi connectivity index (χ0v) is 16.5. The summed E-state index contributed by atoms with van der Waals surface area (Å²) in [7, 11) is 0. The van der Waals surface area contributed by atoms with Crippen molar-refractivity contribution in [3.05, 3.63) is 34.5 Å². The molecule has 142 valence electrons. The molecule has 5 nitrogen and oxygen atoms in total. The maximum atomic E-state index is 10.9. The molecule has 0 saturated carbocycles. The molecule has 3 rings (SSSR count). The van der Waals surface area contributed by atoms with Gasteiger partial charge in [0.1, 0.15) is 22.6 Å². The van der Waals surface area contributed by atoms with Crippen LogP contribution in [0.1, 0.15) is 50.8 Å². The van der Waals surface area contributed by atoms with E-state index < -0.39 is 17.8 Å². The molecule has 0 aliphatic carbocycles.